The first-order chi connectivity index (χ1) is 7.61. The molecule has 16 heavy (non-hydrogen) atoms. The molecule has 4 heteroatoms. The van der Waals surface area contributed by atoms with E-state index < -0.39 is 0 Å². The molecule has 2 aromatic rings. The molecule has 0 aliphatic carbocycles. The third-order valence-electron chi connectivity index (χ3n) is 2.07. The number of hydrogen-bond donors (Lipinski definition) is 0. The lowest BCUT2D eigenvalue weighted by Crippen LogP contribution is -1.83. The third kappa shape index (κ3) is 3.88. The predicted molar refractivity (Wildman–Crippen MR) is 61.2 cm³/mol. The predicted octanol–water partition coefficient (Wildman–Crippen LogP) is 3.60. The van der Waals surface area contributed by atoms with E-state index in [4.69, 9.17) is 8.94 Å². The van der Waals surface area contributed by atoms with Crippen LogP contribution in [0.15, 0.2) is 33.9 Å². The highest BCUT2D eigenvalue weighted by molar-refractivity contribution is 4.97. The van der Waals surface area contributed by atoms with Crippen LogP contribution in [-0.2, 0) is 0 Å². The molecule has 0 saturated heterocycles. The summed E-state index contributed by atoms with van der Waals surface area (Å²) >= 11 is 0. The topological polar surface area (TPSA) is 52.1 Å². The van der Waals surface area contributed by atoms with Crippen molar-refractivity contribution in [1.82, 2.24) is 10.1 Å². The fourth-order valence-corrected chi connectivity index (χ4v) is 1.03. The minimum atomic E-state index is 0.456. The molecule has 0 bridgehead atoms. The molecular weight excluding hydrogens is 204 g/mol. The Morgan fingerprint density at radius 3 is 2.12 bits per heavy atom. The van der Waals surface area contributed by atoms with Crippen molar-refractivity contribution in [2.75, 3.05) is 0 Å². The van der Waals surface area contributed by atoms with E-state index in [9.17, 15) is 0 Å². The molecule has 2 aromatic heterocycles. The van der Waals surface area contributed by atoms with Crippen molar-refractivity contribution >= 4 is 0 Å². The van der Waals surface area contributed by atoms with Gasteiger partial charge >= 0.3 is 0 Å². The molecule has 0 N–H and O–H groups in total. The first-order valence-corrected chi connectivity index (χ1v) is 5.40. The van der Waals surface area contributed by atoms with Crippen molar-refractivity contribution in [3.8, 4) is 0 Å². The van der Waals surface area contributed by atoms with Crippen LogP contribution in [0.1, 0.15) is 51.0 Å². The lowest BCUT2D eigenvalue weighted by molar-refractivity contribution is 0.371. The van der Waals surface area contributed by atoms with Gasteiger partial charge in [-0.1, -0.05) is 32.9 Å². The lowest BCUT2D eigenvalue weighted by Gasteiger charge is -1.92. The second-order valence-electron chi connectivity index (χ2n) is 4.14. The van der Waals surface area contributed by atoms with Gasteiger partial charge in [-0.2, -0.15) is 0 Å². The highest BCUT2D eigenvalue weighted by Gasteiger charge is 1.99. The first kappa shape index (κ1) is 12.5. The summed E-state index contributed by atoms with van der Waals surface area (Å²) in [6, 6.07) is 1.88. The zero-order valence-corrected chi connectivity index (χ0v) is 10.2. The van der Waals surface area contributed by atoms with E-state index in [1.165, 1.54) is 6.39 Å². The van der Waals surface area contributed by atoms with E-state index in [1.54, 1.807) is 12.5 Å². The maximum Gasteiger partial charge on any atom is 0.180 e. The van der Waals surface area contributed by atoms with Crippen molar-refractivity contribution in [3.63, 3.8) is 0 Å². The molecule has 0 aliphatic rings. The van der Waals surface area contributed by atoms with Crippen LogP contribution < -0.4 is 0 Å². The Balaban J connectivity index is 0.000000160. The monoisotopic (exact) mass is 222 g/mol. The summed E-state index contributed by atoms with van der Waals surface area (Å²) in [6.45, 7) is 8.30. The average molecular weight is 222 g/mol. The lowest BCUT2D eigenvalue weighted by atomic mass is 10.2. The second kappa shape index (κ2) is 6.10. The van der Waals surface area contributed by atoms with Crippen LogP contribution in [0, 0.1) is 0 Å². The largest absolute Gasteiger partial charge is 0.451 e. The zero-order valence-electron chi connectivity index (χ0n) is 10.2. The fraction of sp³-hybridized carbons (Fsp3) is 0.500. The van der Waals surface area contributed by atoms with Gasteiger partial charge in [0.1, 0.15) is 12.0 Å². The van der Waals surface area contributed by atoms with E-state index in [0.717, 1.165) is 11.5 Å². The summed E-state index contributed by atoms with van der Waals surface area (Å²) in [5.41, 5.74) is 1.02. The SMILES string of the molecule is CC(C)c1ccno1.CC(C)c1cocn1. The van der Waals surface area contributed by atoms with Crippen LogP contribution in [0.4, 0.5) is 0 Å². The van der Waals surface area contributed by atoms with E-state index in [1.807, 2.05) is 6.07 Å². The van der Waals surface area contributed by atoms with Gasteiger partial charge in [-0.25, -0.2) is 4.98 Å². The second-order valence-corrected chi connectivity index (χ2v) is 4.14. The Bertz CT molecular complexity index is 325. The number of aromatic nitrogens is 2. The van der Waals surface area contributed by atoms with Crippen LogP contribution in [-0.4, -0.2) is 10.1 Å². The van der Waals surface area contributed by atoms with E-state index in [0.29, 0.717) is 11.8 Å². The van der Waals surface area contributed by atoms with Gasteiger partial charge < -0.3 is 8.94 Å². The Morgan fingerprint density at radius 2 is 1.88 bits per heavy atom. The van der Waals surface area contributed by atoms with E-state index >= 15 is 0 Å². The van der Waals surface area contributed by atoms with E-state index in [2.05, 4.69) is 37.8 Å². The minimum Gasteiger partial charge on any atom is -0.451 e. The highest BCUT2D eigenvalue weighted by Crippen LogP contribution is 2.11. The third-order valence-corrected chi connectivity index (χ3v) is 2.07. The molecule has 0 amide bonds. The van der Waals surface area contributed by atoms with E-state index in [-0.39, 0.29) is 0 Å². The molecule has 0 fully saturated rings. The zero-order chi connectivity index (χ0) is 12.0. The van der Waals surface area contributed by atoms with Gasteiger partial charge in [0, 0.05) is 12.0 Å². The van der Waals surface area contributed by atoms with Crippen molar-refractivity contribution in [1.29, 1.82) is 0 Å². The van der Waals surface area contributed by atoms with Gasteiger partial charge in [0.15, 0.2) is 6.39 Å². The van der Waals surface area contributed by atoms with Gasteiger partial charge in [-0.15, -0.1) is 0 Å². The van der Waals surface area contributed by atoms with Crippen LogP contribution >= 0.6 is 0 Å². The summed E-state index contributed by atoms with van der Waals surface area (Å²) < 4.78 is 9.61. The highest BCUT2D eigenvalue weighted by atomic mass is 16.5. The van der Waals surface area contributed by atoms with Crippen LogP contribution in [0.3, 0.4) is 0 Å². The summed E-state index contributed by atoms with van der Waals surface area (Å²) in [5.74, 6) is 1.89. The molecule has 0 spiro atoms. The molecule has 0 atom stereocenters. The van der Waals surface area contributed by atoms with Crippen LogP contribution in [0.2, 0.25) is 0 Å². The van der Waals surface area contributed by atoms with Gasteiger partial charge in [0.05, 0.1) is 11.9 Å². The van der Waals surface area contributed by atoms with Crippen LogP contribution in [0.25, 0.3) is 0 Å². The molecule has 88 valence electrons. The molecule has 0 radical (unpaired) electrons. The molecule has 0 unspecified atom stereocenters. The average Bonchev–Trinajstić information content (AvgIpc) is 2.93. The Labute approximate surface area is 95.7 Å². The molecule has 0 saturated carbocycles. The van der Waals surface area contributed by atoms with Gasteiger partial charge in [-0.05, 0) is 5.92 Å². The maximum atomic E-state index is 4.84. The normalized spacial score (nSPS) is 10.4. The maximum absolute atomic E-state index is 4.84. The number of oxazole rings is 1. The Kier molecular flexibility index (Phi) is 4.76. The standard InChI is InChI=1S/2C6H9NO/c1-5(2)6-3-8-4-7-6;1-5(2)6-3-4-7-8-6/h2*3-5H,1-2H3. The van der Waals surface area contributed by atoms with Gasteiger partial charge in [-0.3, -0.25) is 0 Å². The van der Waals surface area contributed by atoms with Crippen molar-refractivity contribution in [2.45, 2.75) is 39.5 Å². The number of hydrogen-bond acceptors (Lipinski definition) is 4. The molecule has 4 nitrogen and oxygen atoms in total. The summed E-state index contributed by atoms with van der Waals surface area (Å²) in [5, 5.41) is 3.57. The van der Waals surface area contributed by atoms with Crippen LogP contribution in [0.5, 0.6) is 0 Å². The van der Waals surface area contributed by atoms with Crippen molar-refractivity contribution < 1.29 is 8.94 Å². The first-order valence-electron chi connectivity index (χ1n) is 5.40. The smallest absolute Gasteiger partial charge is 0.180 e. The number of rotatable bonds is 2. The van der Waals surface area contributed by atoms with Gasteiger partial charge in [0.25, 0.3) is 0 Å². The minimum absolute atomic E-state index is 0.456. The summed E-state index contributed by atoms with van der Waals surface area (Å²) in [7, 11) is 0. The molecule has 2 heterocycles. The summed E-state index contributed by atoms with van der Waals surface area (Å²) in [6.07, 6.45) is 4.79. The fourth-order valence-electron chi connectivity index (χ4n) is 1.03. The molecule has 2 rings (SSSR count). The van der Waals surface area contributed by atoms with Crippen molar-refractivity contribution in [3.05, 3.63) is 36.4 Å². The quantitative estimate of drug-likeness (QED) is 0.779. The Morgan fingerprint density at radius 1 is 1.12 bits per heavy atom. The Hall–Kier alpha value is -1.58. The molecular formula is C12H18N2O2. The molecule has 0 aliphatic heterocycles. The number of nitrogens with zero attached hydrogens (tertiary/aromatic N) is 2. The summed E-state index contributed by atoms with van der Waals surface area (Å²) in [4.78, 5) is 3.95. The van der Waals surface area contributed by atoms with Crippen molar-refractivity contribution in [2.24, 2.45) is 0 Å². The van der Waals surface area contributed by atoms with Gasteiger partial charge in [0.2, 0.25) is 0 Å². The molecule has 0 aromatic carbocycles.